The van der Waals surface area contributed by atoms with Crippen molar-refractivity contribution in [2.45, 2.75) is 38.4 Å². The fourth-order valence-electron chi connectivity index (χ4n) is 1.88. The summed E-state index contributed by atoms with van der Waals surface area (Å²) in [5.41, 5.74) is 0. The van der Waals surface area contributed by atoms with Crippen molar-refractivity contribution in [1.82, 2.24) is 5.32 Å². The number of carbonyl (C=O) groups is 3. The van der Waals surface area contributed by atoms with E-state index in [0.29, 0.717) is 0 Å². The second-order valence-electron chi connectivity index (χ2n) is 4.16. The van der Waals surface area contributed by atoms with Crippen LogP contribution in [0.1, 0.15) is 33.1 Å². The van der Waals surface area contributed by atoms with Crippen molar-refractivity contribution < 1.29 is 14.4 Å². The van der Waals surface area contributed by atoms with Crippen LogP contribution in [0.25, 0.3) is 0 Å². The summed E-state index contributed by atoms with van der Waals surface area (Å²) in [7, 11) is 0. The summed E-state index contributed by atoms with van der Waals surface area (Å²) >= 11 is 1.32. The van der Waals surface area contributed by atoms with Crippen molar-refractivity contribution in [3.63, 3.8) is 0 Å². The smallest absolute Gasteiger partial charge is 0.223 e. The predicted octanol–water partition coefficient (Wildman–Crippen LogP) is 1.14. The summed E-state index contributed by atoms with van der Waals surface area (Å²) in [6.45, 7) is 3.11. The first-order valence-electron chi connectivity index (χ1n) is 5.43. The van der Waals surface area contributed by atoms with Gasteiger partial charge in [-0.2, -0.15) is 0 Å². The van der Waals surface area contributed by atoms with Crippen LogP contribution in [-0.2, 0) is 14.4 Å². The zero-order valence-electron chi connectivity index (χ0n) is 9.62. The zero-order valence-corrected chi connectivity index (χ0v) is 10.4. The second-order valence-corrected chi connectivity index (χ2v) is 5.64. The minimum atomic E-state index is -0.0538. The number of ketones is 1. The van der Waals surface area contributed by atoms with Crippen LogP contribution in [0.15, 0.2) is 0 Å². The third-order valence-corrected chi connectivity index (χ3v) is 3.69. The van der Waals surface area contributed by atoms with Crippen LogP contribution in [0.3, 0.4) is 0 Å². The van der Waals surface area contributed by atoms with Gasteiger partial charge in [0.1, 0.15) is 5.78 Å². The van der Waals surface area contributed by atoms with Crippen LogP contribution in [0.5, 0.6) is 0 Å². The maximum absolute atomic E-state index is 11.6. The highest BCUT2D eigenvalue weighted by molar-refractivity contribution is 8.14. The Morgan fingerprint density at radius 2 is 1.94 bits per heavy atom. The van der Waals surface area contributed by atoms with E-state index in [1.54, 1.807) is 6.92 Å². The highest BCUT2D eigenvalue weighted by Crippen LogP contribution is 2.34. The van der Waals surface area contributed by atoms with Gasteiger partial charge in [-0.1, -0.05) is 11.8 Å². The molecule has 0 aliphatic heterocycles. The molecule has 4 nitrogen and oxygen atoms in total. The maximum atomic E-state index is 11.6. The summed E-state index contributed by atoms with van der Waals surface area (Å²) in [6.07, 6.45) is 2.46. The Balaban J connectivity index is 2.32. The molecule has 1 amide bonds. The average molecular weight is 243 g/mol. The fraction of sp³-hybridized carbons (Fsp3) is 0.727. The molecule has 0 saturated heterocycles. The van der Waals surface area contributed by atoms with E-state index in [2.05, 4.69) is 5.32 Å². The van der Waals surface area contributed by atoms with E-state index in [-0.39, 0.29) is 34.5 Å². The quantitative estimate of drug-likeness (QED) is 0.804. The number of rotatable bonds is 4. The summed E-state index contributed by atoms with van der Waals surface area (Å²) in [6, 6.07) is 0. The van der Waals surface area contributed by atoms with Crippen molar-refractivity contribution in [1.29, 1.82) is 0 Å². The lowest BCUT2D eigenvalue weighted by atomic mass is 10.1. The Hall–Kier alpha value is -0.840. The number of nitrogens with one attached hydrogen (secondary N) is 1. The van der Waals surface area contributed by atoms with E-state index in [4.69, 9.17) is 0 Å². The van der Waals surface area contributed by atoms with Crippen molar-refractivity contribution in [2.24, 2.45) is 5.92 Å². The molecule has 1 fully saturated rings. The first-order chi connectivity index (χ1) is 7.49. The molecular formula is C11H17NO3S. The van der Waals surface area contributed by atoms with Crippen molar-refractivity contribution in [3.05, 3.63) is 0 Å². The molecule has 0 spiro atoms. The lowest BCUT2D eigenvalue weighted by molar-refractivity contribution is -0.127. The highest BCUT2D eigenvalue weighted by atomic mass is 32.2. The lowest BCUT2D eigenvalue weighted by Crippen LogP contribution is -2.33. The van der Waals surface area contributed by atoms with Gasteiger partial charge in [-0.05, 0) is 26.2 Å². The van der Waals surface area contributed by atoms with Gasteiger partial charge < -0.3 is 5.32 Å². The van der Waals surface area contributed by atoms with Crippen molar-refractivity contribution >= 4 is 28.6 Å². The number of hydrogen-bond donors (Lipinski definition) is 1. The molecular weight excluding hydrogens is 226 g/mol. The molecule has 0 aromatic rings. The summed E-state index contributed by atoms with van der Waals surface area (Å²) in [5.74, 6) is -0.126. The van der Waals surface area contributed by atoms with E-state index in [9.17, 15) is 14.4 Å². The zero-order chi connectivity index (χ0) is 12.1. The van der Waals surface area contributed by atoms with Gasteiger partial charge in [-0.3, -0.25) is 14.4 Å². The highest BCUT2D eigenvalue weighted by Gasteiger charge is 2.30. The van der Waals surface area contributed by atoms with Gasteiger partial charge in [0.2, 0.25) is 5.91 Å². The van der Waals surface area contributed by atoms with E-state index < -0.39 is 0 Å². The molecule has 0 bridgehead atoms. The van der Waals surface area contributed by atoms with E-state index in [1.165, 1.54) is 18.7 Å². The first kappa shape index (κ1) is 13.2. The molecule has 1 saturated carbocycles. The van der Waals surface area contributed by atoms with Gasteiger partial charge in [-0.25, -0.2) is 0 Å². The van der Waals surface area contributed by atoms with Gasteiger partial charge in [0, 0.05) is 18.1 Å². The molecule has 2 atom stereocenters. The maximum Gasteiger partial charge on any atom is 0.223 e. The first-order valence-corrected chi connectivity index (χ1v) is 6.31. The molecule has 0 aromatic carbocycles. The van der Waals surface area contributed by atoms with Crippen LogP contribution in [0.4, 0.5) is 0 Å². The minimum absolute atomic E-state index is 0.0313. The molecule has 1 aliphatic rings. The molecule has 0 radical (unpaired) electrons. The van der Waals surface area contributed by atoms with Gasteiger partial charge in [0.25, 0.3) is 0 Å². The molecule has 1 aliphatic carbocycles. The molecule has 2 unspecified atom stereocenters. The van der Waals surface area contributed by atoms with Gasteiger partial charge in [0.05, 0.1) is 6.54 Å². The Kier molecular flexibility index (Phi) is 4.99. The van der Waals surface area contributed by atoms with Crippen LogP contribution in [0.2, 0.25) is 0 Å². The van der Waals surface area contributed by atoms with E-state index in [0.717, 1.165) is 19.3 Å². The van der Waals surface area contributed by atoms with Gasteiger partial charge in [0.15, 0.2) is 5.12 Å². The Bertz CT molecular complexity index is 304. The largest absolute Gasteiger partial charge is 0.349 e. The van der Waals surface area contributed by atoms with Crippen LogP contribution in [-0.4, -0.2) is 28.6 Å². The molecule has 5 heteroatoms. The number of amides is 1. The standard InChI is InChI=1S/C11H17NO3S/c1-7(13)6-12-11(15)9-3-4-10(5-9)16-8(2)14/h9-10H,3-6H2,1-2H3,(H,12,15). The minimum Gasteiger partial charge on any atom is -0.349 e. The molecule has 0 aromatic heterocycles. The average Bonchev–Trinajstić information content (AvgIpc) is 2.61. The molecule has 1 N–H and O–H groups in total. The van der Waals surface area contributed by atoms with Crippen LogP contribution in [0, 0.1) is 5.92 Å². The monoisotopic (exact) mass is 243 g/mol. The second kappa shape index (κ2) is 6.03. The van der Waals surface area contributed by atoms with Crippen molar-refractivity contribution in [2.75, 3.05) is 6.54 Å². The van der Waals surface area contributed by atoms with Crippen LogP contribution < -0.4 is 5.32 Å². The Morgan fingerprint density at radius 1 is 1.25 bits per heavy atom. The third kappa shape index (κ3) is 4.35. The number of Topliss-reactive ketones (excluding diaryl/α,β-unsaturated/α-hetero) is 1. The van der Waals surface area contributed by atoms with Crippen LogP contribution >= 0.6 is 11.8 Å². The normalized spacial score (nSPS) is 24.1. The fourth-order valence-corrected chi connectivity index (χ4v) is 2.93. The third-order valence-electron chi connectivity index (χ3n) is 2.60. The molecule has 1 rings (SSSR count). The molecule has 0 heterocycles. The predicted molar refractivity (Wildman–Crippen MR) is 63.1 cm³/mol. The van der Waals surface area contributed by atoms with Gasteiger partial charge >= 0.3 is 0 Å². The van der Waals surface area contributed by atoms with Crippen molar-refractivity contribution in [3.8, 4) is 0 Å². The van der Waals surface area contributed by atoms with E-state index >= 15 is 0 Å². The number of hydrogen-bond acceptors (Lipinski definition) is 4. The summed E-state index contributed by atoms with van der Waals surface area (Å²) in [5, 5.41) is 2.99. The Labute approximate surface area is 99.5 Å². The SMILES string of the molecule is CC(=O)CNC(=O)C1CCC(SC(C)=O)C1. The van der Waals surface area contributed by atoms with E-state index in [1.807, 2.05) is 0 Å². The Morgan fingerprint density at radius 3 is 2.50 bits per heavy atom. The van der Waals surface area contributed by atoms with Gasteiger partial charge in [-0.15, -0.1) is 0 Å². The number of thioether (sulfide) groups is 1. The molecule has 90 valence electrons. The summed E-state index contributed by atoms with van der Waals surface area (Å²) < 4.78 is 0. The topological polar surface area (TPSA) is 63.2 Å². The number of carbonyl (C=O) groups excluding carboxylic acids is 3. The molecule has 16 heavy (non-hydrogen) atoms. The summed E-state index contributed by atoms with van der Waals surface area (Å²) in [4.78, 5) is 33.2. The lowest BCUT2D eigenvalue weighted by Gasteiger charge is -2.09.